The number of benzene rings is 1. The van der Waals surface area contributed by atoms with E-state index < -0.39 is 0 Å². The summed E-state index contributed by atoms with van der Waals surface area (Å²) < 4.78 is 0. The first-order valence-corrected chi connectivity index (χ1v) is 6.85. The highest BCUT2D eigenvalue weighted by Crippen LogP contribution is 2.31. The second kappa shape index (κ2) is 4.69. The van der Waals surface area contributed by atoms with Gasteiger partial charge in [0.15, 0.2) is 0 Å². The molecule has 0 aromatic heterocycles. The maximum absolute atomic E-state index is 10.1. The van der Waals surface area contributed by atoms with E-state index in [-0.39, 0.29) is 6.10 Å². The molecule has 2 aliphatic rings. The number of rotatable bonds is 2. The number of para-hydroxylation sites is 1. The molecule has 0 saturated heterocycles. The van der Waals surface area contributed by atoms with Crippen molar-refractivity contribution in [1.29, 1.82) is 0 Å². The van der Waals surface area contributed by atoms with Crippen LogP contribution in [0.15, 0.2) is 24.3 Å². The molecule has 0 bridgehead atoms. The monoisotopic (exact) mass is 231 g/mol. The van der Waals surface area contributed by atoms with Crippen molar-refractivity contribution in [1.82, 2.24) is 0 Å². The van der Waals surface area contributed by atoms with E-state index in [1.54, 1.807) is 0 Å². The Hall–Kier alpha value is -1.02. The van der Waals surface area contributed by atoms with E-state index in [0.29, 0.717) is 5.92 Å². The fraction of sp³-hybridized carbons (Fsp3) is 0.600. The Morgan fingerprint density at radius 3 is 2.88 bits per heavy atom. The molecule has 1 aliphatic carbocycles. The van der Waals surface area contributed by atoms with Crippen LogP contribution >= 0.6 is 0 Å². The van der Waals surface area contributed by atoms with Gasteiger partial charge in [-0.25, -0.2) is 0 Å². The quantitative estimate of drug-likeness (QED) is 0.845. The van der Waals surface area contributed by atoms with Crippen LogP contribution in [-0.4, -0.2) is 24.3 Å². The Bertz CT molecular complexity index is 390. The molecule has 0 radical (unpaired) electrons. The van der Waals surface area contributed by atoms with Crippen molar-refractivity contribution in [3.63, 3.8) is 0 Å². The zero-order valence-electron chi connectivity index (χ0n) is 10.3. The van der Waals surface area contributed by atoms with Crippen LogP contribution in [0.4, 0.5) is 5.69 Å². The van der Waals surface area contributed by atoms with Gasteiger partial charge in [0, 0.05) is 24.7 Å². The average molecular weight is 231 g/mol. The standard InChI is InChI=1S/C15H21NO/c17-15-8-4-2-6-13(15)11-16-10-9-12-5-1-3-7-14(12)16/h1,3,5,7,13,15,17H,2,4,6,8-11H2. The van der Waals surface area contributed by atoms with Crippen molar-refractivity contribution < 1.29 is 5.11 Å². The summed E-state index contributed by atoms with van der Waals surface area (Å²) in [6, 6.07) is 8.69. The van der Waals surface area contributed by atoms with Crippen molar-refractivity contribution in [2.24, 2.45) is 5.92 Å². The molecule has 17 heavy (non-hydrogen) atoms. The lowest BCUT2D eigenvalue weighted by atomic mass is 9.86. The van der Waals surface area contributed by atoms with Gasteiger partial charge >= 0.3 is 0 Å². The van der Waals surface area contributed by atoms with E-state index in [4.69, 9.17) is 0 Å². The molecular weight excluding hydrogens is 210 g/mol. The maximum Gasteiger partial charge on any atom is 0.0585 e. The molecule has 1 aromatic rings. The third-order valence-electron chi connectivity index (χ3n) is 4.31. The molecule has 3 rings (SSSR count). The highest BCUT2D eigenvalue weighted by atomic mass is 16.3. The van der Waals surface area contributed by atoms with Crippen LogP contribution in [0.2, 0.25) is 0 Å². The molecule has 1 N–H and O–H groups in total. The first kappa shape index (κ1) is 11.1. The van der Waals surface area contributed by atoms with Gasteiger partial charge in [-0.1, -0.05) is 31.0 Å². The van der Waals surface area contributed by atoms with Crippen molar-refractivity contribution in [2.45, 2.75) is 38.2 Å². The van der Waals surface area contributed by atoms with Crippen molar-refractivity contribution in [3.05, 3.63) is 29.8 Å². The predicted molar refractivity (Wildman–Crippen MR) is 70.3 cm³/mol. The van der Waals surface area contributed by atoms with E-state index in [1.807, 2.05) is 0 Å². The Labute approximate surface area is 103 Å². The van der Waals surface area contributed by atoms with Gasteiger partial charge in [0.2, 0.25) is 0 Å². The average Bonchev–Trinajstić information content (AvgIpc) is 2.76. The number of aliphatic hydroxyl groups is 1. The molecular formula is C15H21NO. The van der Waals surface area contributed by atoms with Gasteiger partial charge in [0.1, 0.15) is 0 Å². The largest absolute Gasteiger partial charge is 0.393 e. The number of anilines is 1. The number of hydrogen-bond acceptors (Lipinski definition) is 2. The van der Waals surface area contributed by atoms with E-state index >= 15 is 0 Å². The third kappa shape index (κ3) is 2.19. The summed E-state index contributed by atoms with van der Waals surface area (Å²) >= 11 is 0. The van der Waals surface area contributed by atoms with Crippen LogP contribution in [0.25, 0.3) is 0 Å². The summed E-state index contributed by atoms with van der Waals surface area (Å²) in [5, 5.41) is 10.1. The molecule has 2 atom stereocenters. The lowest BCUT2D eigenvalue weighted by molar-refractivity contribution is 0.0733. The minimum atomic E-state index is -0.0727. The zero-order chi connectivity index (χ0) is 11.7. The highest BCUT2D eigenvalue weighted by molar-refractivity contribution is 5.57. The smallest absolute Gasteiger partial charge is 0.0585 e. The fourth-order valence-corrected chi connectivity index (χ4v) is 3.28. The van der Waals surface area contributed by atoms with Crippen LogP contribution in [0.5, 0.6) is 0 Å². The fourth-order valence-electron chi connectivity index (χ4n) is 3.28. The molecule has 1 fully saturated rings. The van der Waals surface area contributed by atoms with Crippen molar-refractivity contribution in [2.75, 3.05) is 18.0 Å². The minimum Gasteiger partial charge on any atom is -0.393 e. The summed E-state index contributed by atoms with van der Waals surface area (Å²) in [6.45, 7) is 2.17. The normalized spacial score (nSPS) is 28.2. The molecule has 1 heterocycles. The first-order chi connectivity index (χ1) is 8.34. The van der Waals surface area contributed by atoms with Gasteiger partial charge in [-0.3, -0.25) is 0 Å². The number of nitrogens with zero attached hydrogens (tertiary/aromatic N) is 1. The molecule has 92 valence electrons. The van der Waals surface area contributed by atoms with E-state index in [1.165, 1.54) is 36.9 Å². The van der Waals surface area contributed by atoms with Crippen LogP contribution in [0.3, 0.4) is 0 Å². The molecule has 2 unspecified atom stereocenters. The number of hydrogen-bond donors (Lipinski definition) is 1. The SMILES string of the molecule is OC1CCCCC1CN1CCc2ccccc21. The topological polar surface area (TPSA) is 23.5 Å². The van der Waals surface area contributed by atoms with Gasteiger partial charge in [-0.05, 0) is 30.9 Å². The molecule has 1 saturated carbocycles. The summed E-state index contributed by atoms with van der Waals surface area (Å²) in [7, 11) is 0. The molecule has 2 heteroatoms. The van der Waals surface area contributed by atoms with Gasteiger partial charge in [-0.2, -0.15) is 0 Å². The van der Waals surface area contributed by atoms with E-state index in [2.05, 4.69) is 29.2 Å². The summed E-state index contributed by atoms with van der Waals surface area (Å²) in [5.74, 6) is 0.481. The zero-order valence-corrected chi connectivity index (χ0v) is 10.3. The highest BCUT2D eigenvalue weighted by Gasteiger charge is 2.27. The van der Waals surface area contributed by atoms with Crippen molar-refractivity contribution >= 4 is 5.69 Å². The maximum atomic E-state index is 10.1. The van der Waals surface area contributed by atoms with Crippen LogP contribution in [-0.2, 0) is 6.42 Å². The summed E-state index contributed by atoms with van der Waals surface area (Å²) in [4.78, 5) is 2.47. The summed E-state index contributed by atoms with van der Waals surface area (Å²) in [6.07, 6.45) is 5.78. The second-order valence-electron chi connectivity index (χ2n) is 5.44. The molecule has 1 aliphatic heterocycles. The molecule has 0 amide bonds. The number of fused-ring (bicyclic) bond motifs is 1. The van der Waals surface area contributed by atoms with Gasteiger partial charge in [0.25, 0.3) is 0 Å². The lowest BCUT2D eigenvalue weighted by Gasteiger charge is -2.32. The Morgan fingerprint density at radius 1 is 1.18 bits per heavy atom. The second-order valence-corrected chi connectivity index (χ2v) is 5.44. The molecule has 1 aromatic carbocycles. The van der Waals surface area contributed by atoms with E-state index in [0.717, 1.165) is 19.5 Å². The molecule has 2 nitrogen and oxygen atoms in total. The van der Waals surface area contributed by atoms with Gasteiger partial charge in [0.05, 0.1) is 6.10 Å². The predicted octanol–water partition coefficient (Wildman–Crippen LogP) is 2.60. The molecule has 0 spiro atoms. The Kier molecular flexibility index (Phi) is 3.06. The first-order valence-electron chi connectivity index (χ1n) is 6.85. The van der Waals surface area contributed by atoms with Crippen molar-refractivity contribution in [3.8, 4) is 0 Å². The minimum absolute atomic E-state index is 0.0727. The number of aliphatic hydroxyl groups excluding tert-OH is 1. The lowest BCUT2D eigenvalue weighted by Crippen LogP contribution is -2.36. The van der Waals surface area contributed by atoms with Crippen LogP contribution in [0, 0.1) is 5.92 Å². The van der Waals surface area contributed by atoms with Crippen LogP contribution in [0.1, 0.15) is 31.2 Å². The Morgan fingerprint density at radius 2 is 2.00 bits per heavy atom. The van der Waals surface area contributed by atoms with E-state index in [9.17, 15) is 5.11 Å². The van der Waals surface area contributed by atoms with Crippen LogP contribution < -0.4 is 4.90 Å². The van der Waals surface area contributed by atoms with Gasteiger partial charge in [-0.15, -0.1) is 0 Å². The van der Waals surface area contributed by atoms with Gasteiger partial charge < -0.3 is 10.0 Å². The Balaban J connectivity index is 1.70. The summed E-state index contributed by atoms with van der Waals surface area (Å²) in [5.41, 5.74) is 2.86. The third-order valence-corrected chi connectivity index (χ3v) is 4.31.